The molecule has 0 bridgehead atoms. The van der Waals surface area contributed by atoms with Gasteiger partial charge in [-0.15, -0.1) is 11.3 Å². The molecule has 1 unspecified atom stereocenters. The summed E-state index contributed by atoms with van der Waals surface area (Å²) in [5.41, 5.74) is 11.3. The number of aromatic nitrogens is 3. The molecule has 0 aliphatic carbocycles. The molecule has 27 heavy (non-hydrogen) atoms. The first-order valence-electron chi connectivity index (χ1n) is 9.13. The molecule has 7 heteroatoms. The lowest BCUT2D eigenvalue weighted by atomic mass is 9.97. The number of nitrogens with two attached hydrogens (primary N) is 1. The summed E-state index contributed by atoms with van der Waals surface area (Å²) in [6.45, 7) is 7.30. The smallest absolute Gasteiger partial charge is 0.210 e. The number of rotatable bonds is 3. The number of aryl methyl sites for hydroxylation is 4. The number of aliphatic hydroxyl groups is 1. The molecule has 0 saturated heterocycles. The molecule has 2 aromatic heterocycles. The number of benzene rings is 1. The summed E-state index contributed by atoms with van der Waals surface area (Å²) >= 11 is 1.35. The summed E-state index contributed by atoms with van der Waals surface area (Å²) in [7, 11) is 1.84. The zero-order valence-electron chi connectivity index (χ0n) is 16.2. The third kappa shape index (κ3) is 2.86. The first-order chi connectivity index (χ1) is 12.8. The zero-order valence-corrected chi connectivity index (χ0v) is 17.0. The fraction of sp³-hybridized carbons (Fsp3) is 0.400. The summed E-state index contributed by atoms with van der Waals surface area (Å²) in [6.07, 6.45) is 3.47. The molecule has 3 N–H and O–H groups in total. The van der Waals surface area contributed by atoms with Crippen molar-refractivity contribution in [2.24, 2.45) is 12.8 Å². The Kier molecular flexibility index (Phi) is 4.33. The van der Waals surface area contributed by atoms with Crippen molar-refractivity contribution in [2.75, 3.05) is 11.4 Å². The van der Waals surface area contributed by atoms with Gasteiger partial charge in [-0.25, -0.2) is 4.98 Å². The minimum absolute atomic E-state index is 0.480. The van der Waals surface area contributed by atoms with Crippen LogP contribution in [0.5, 0.6) is 0 Å². The van der Waals surface area contributed by atoms with E-state index in [1.807, 2.05) is 12.4 Å². The van der Waals surface area contributed by atoms with Crippen LogP contribution in [0.3, 0.4) is 0 Å². The molecule has 0 amide bonds. The lowest BCUT2D eigenvalue weighted by Gasteiger charge is -2.31. The Morgan fingerprint density at radius 3 is 2.56 bits per heavy atom. The van der Waals surface area contributed by atoms with E-state index >= 15 is 0 Å². The van der Waals surface area contributed by atoms with Crippen molar-refractivity contribution in [3.8, 4) is 0 Å². The van der Waals surface area contributed by atoms with E-state index < -0.39 is 5.72 Å². The highest BCUT2D eigenvalue weighted by Crippen LogP contribution is 2.41. The van der Waals surface area contributed by atoms with Crippen molar-refractivity contribution in [3.05, 3.63) is 56.7 Å². The van der Waals surface area contributed by atoms with Gasteiger partial charge >= 0.3 is 0 Å². The van der Waals surface area contributed by atoms with Gasteiger partial charge in [0.2, 0.25) is 5.72 Å². The van der Waals surface area contributed by atoms with Crippen LogP contribution < -0.4 is 10.6 Å². The molecule has 0 saturated carbocycles. The number of hydrogen-bond donors (Lipinski definition) is 2. The third-order valence-electron chi connectivity index (χ3n) is 5.21. The highest BCUT2D eigenvalue weighted by molar-refractivity contribution is 7.09. The van der Waals surface area contributed by atoms with E-state index in [0.717, 1.165) is 30.8 Å². The number of hydrogen-bond acceptors (Lipinski definition) is 6. The molecule has 1 atom stereocenters. The normalized spacial score (nSPS) is 16.3. The molecule has 6 nitrogen and oxygen atoms in total. The Bertz CT molecular complexity index is 967. The second-order valence-corrected chi connectivity index (χ2v) is 8.28. The molecule has 3 aromatic rings. The van der Waals surface area contributed by atoms with Gasteiger partial charge in [-0.3, -0.25) is 10.4 Å². The summed E-state index contributed by atoms with van der Waals surface area (Å²) < 4.78 is 1.71. The van der Waals surface area contributed by atoms with Crippen molar-refractivity contribution < 1.29 is 5.11 Å². The van der Waals surface area contributed by atoms with E-state index in [0.29, 0.717) is 10.7 Å². The Morgan fingerprint density at radius 1 is 1.22 bits per heavy atom. The molecular weight excluding hydrogens is 358 g/mol. The van der Waals surface area contributed by atoms with Crippen molar-refractivity contribution in [2.45, 2.75) is 39.3 Å². The predicted molar refractivity (Wildman–Crippen MR) is 108 cm³/mol. The molecule has 0 radical (unpaired) electrons. The molecular formula is C20H25N5OS. The molecule has 1 aliphatic heterocycles. The third-order valence-corrected chi connectivity index (χ3v) is 6.11. The zero-order chi connectivity index (χ0) is 19.3. The van der Waals surface area contributed by atoms with Gasteiger partial charge in [0.1, 0.15) is 5.01 Å². The van der Waals surface area contributed by atoms with Gasteiger partial charge in [-0.05, 0) is 44.7 Å². The highest BCUT2D eigenvalue weighted by Gasteiger charge is 2.39. The van der Waals surface area contributed by atoms with E-state index in [-0.39, 0.29) is 0 Å². The number of anilines is 2. The lowest BCUT2D eigenvalue weighted by Crippen LogP contribution is -2.40. The monoisotopic (exact) mass is 383 g/mol. The van der Waals surface area contributed by atoms with E-state index in [1.54, 1.807) is 10.9 Å². The van der Waals surface area contributed by atoms with Crippen LogP contribution in [0.15, 0.2) is 23.7 Å². The quantitative estimate of drug-likeness (QED) is 0.680. The summed E-state index contributed by atoms with van der Waals surface area (Å²) in [5, 5.41) is 18.2. The van der Waals surface area contributed by atoms with Crippen molar-refractivity contribution in [1.82, 2.24) is 14.8 Å². The number of nitrogens with zero attached hydrogens (tertiary/aromatic N) is 4. The average Bonchev–Trinajstić information content (AvgIpc) is 3.21. The van der Waals surface area contributed by atoms with Crippen LogP contribution in [0.1, 0.15) is 39.4 Å². The maximum Gasteiger partial charge on any atom is 0.210 e. The van der Waals surface area contributed by atoms with Gasteiger partial charge in [0.15, 0.2) is 5.82 Å². The fourth-order valence-corrected chi connectivity index (χ4v) is 4.97. The van der Waals surface area contributed by atoms with Crippen molar-refractivity contribution in [1.29, 1.82) is 0 Å². The highest BCUT2D eigenvalue weighted by atomic mass is 32.1. The molecule has 142 valence electrons. The van der Waals surface area contributed by atoms with E-state index in [9.17, 15) is 5.11 Å². The van der Waals surface area contributed by atoms with Crippen molar-refractivity contribution >= 4 is 22.8 Å². The van der Waals surface area contributed by atoms with Gasteiger partial charge < -0.3 is 10.0 Å². The molecule has 1 aromatic carbocycles. The predicted octanol–water partition coefficient (Wildman–Crippen LogP) is 3.04. The lowest BCUT2D eigenvalue weighted by molar-refractivity contribution is 0.0779. The second-order valence-electron chi connectivity index (χ2n) is 7.38. The molecule has 1 aliphatic rings. The Balaban J connectivity index is 1.87. The van der Waals surface area contributed by atoms with Crippen LogP contribution in [0.4, 0.5) is 11.5 Å². The maximum absolute atomic E-state index is 11.1. The molecule has 3 heterocycles. The van der Waals surface area contributed by atoms with Gasteiger partial charge in [0.05, 0.1) is 5.69 Å². The van der Waals surface area contributed by atoms with Crippen LogP contribution in [-0.4, -0.2) is 26.4 Å². The van der Waals surface area contributed by atoms with E-state index in [1.165, 1.54) is 33.7 Å². The van der Waals surface area contributed by atoms with Gasteiger partial charge in [-0.2, -0.15) is 5.10 Å². The maximum atomic E-state index is 11.1. The molecule has 0 spiro atoms. The largest absolute Gasteiger partial charge is 0.365 e. The standard InChI is InChI=1S/C20H25N5OS/c1-12-10-13(2)16(14(3)11-12)25-8-5-6-15-17(24(4)23-18(15)25)20(21,26)19-22-7-9-27-19/h7,9-11,26H,5-6,8,21H2,1-4H3. The summed E-state index contributed by atoms with van der Waals surface area (Å²) in [4.78, 5) is 6.51. The number of fused-ring (bicyclic) bond motifs is 1. The summed E-state index contributed by atoms with van der Waals surface area (Å²) in [5.74, 6) is 0.884. The SMILES string of the molecule is Cc1cc(C)c(N2CCCc3c2nn(C)c3C(N)(O)c2nccs2)c(C)c1. The van der Waals surface area contributed by atoms with E-state index in [2.05, 4.69) is 42.8 Å². The second kappa shape index (κ2) is 6.44. The van der Waals surface area contributed by atoms with Crippen LogP contribution in [0.25, 0.3) is 0 Å². The first-order valence-corrected chi connectivity index (χ1v) is 10.0. The Hall–Kier alpha value is -2.22. The first kappa shape index (κ1) is 18.2. The van der Waals surface area contributed by atoms with Gasteiger partial charge in [0, 0.05) is 36.4 Å². The number of thiazole rings is 1. The van der Waals surface area contributed by atoms with Crippen LogP contribution in [0.2, 0.25) is 0 Å². The topological polar surface area (TPSA) is 80.2 Å². The van der Waals surface area contributed by atoms with Crippen LogP contribution in [0, 0.1) is 20.8 Å². The fourth-order valence-electron chi connectivity index (χ4n) is 4.33. The minimum Gasteiger partial charge on any atom is -0.365 e. The molecule has 4 rings (SSSR count). The van der Waals surface area contributed by atoms with E-state index in [4.69, 9.17) is 10.8 Å². The molecule has 0 fully saturated rings. The average molecular weight is 384 g/mol. The van der Waals surface area contributed by atoms with Crippen LogP contribution in [-0.2, 0) is 19.2 Å². The Labute approximate surface area is 163 Å². The van der Waals surface area contributed by atoms with Gasteiger partial charge in [-0.1, -0.05) is 17.7 Å². The Morgan fingerprint density at radius 2 is 1.93 bits per heavy atom. The summed E-state index contributed by atoms with van der Waals surface area (Å²) in [6, 6.07) is 4.41. The minimum atomic E-state index is -1.65. The van der Waals surface area contributed by atoms with Crippen molar-refractivity contribution in [3.63, 3.8) is 0 Å². The van der Waals surface area contributed by atoms with Gasteiger partial charge in [0.25, 0.3) is 0 Å². The van der Waals surface area contributed by atoms with Crippen LogP contribution >= 0.6 is 11.3 Å².